The largest absolute Gasteiger partial charge is 0.485 e. The van der Waals surface area contributed by atoms with Crippen molar-refractivity contribution in [3.05, 3.63) is 103 Å². The maximum atomic E-state index is 5.73. The lowest BCUT2D eigenvalue weighted by molar-refractivity contribution is 0.347. The third-order valence-corrected chi connectivity index (χ3v) is 5.32. The number of anilines is 3. The number of rotatable bonds is 6. The van der Waals surface area contributed by atoms with E-state index in [0.717, 1.165) is 45.3 Å². The standard InChI is InChI=1S/C26H24N4O/c1-17-16-31-26-14-22(6-9-25(26)29-17)28-15-19-4-3-5-20(12-19)18(2)30-23-7-8-24-21(13-23)10-11-27-24/h3-14,27-30H,1-2,15-16H2. The van der Waals surface area contributed by atoms with Crippen molar-refractivity contribution in [2.24, 2.45) is 0 Å². The van der Waals surface area contributed by atoms with Gasteiger partial charge in [0, 0.05) is 52.5 Å². The fraction of sp³-hybridized carbons (Fsp3) is 0.0769. The molecule has 1 aliphatic heterocycles. The fourth-order valence-electron chi connectivity index (χ4n) is 3.70. The summed E-state index contributed by atoms with van der Waals surface area (Å²) in [6, 6.07) is 22.7. The fourth-order valence-corrected chi connectivity index (χ4v) is 3.70. The van der Waals surface area contributed by atoms with Crippen LogP contribution in [0.3, 0.4) is 0 Å². The van der Waals surface area contributed by atoms with Gasteiger partial charge in [-0.15, -0.1) is 0 Å². The Morgan fingerprint density at radius 3 is 2.84 bits per heavy atom. The lowest BCUT2D eigenvalue weighted by Crippen LogP contribution is -2.15. The molecule has 154 valence electrons. The highest BCUT2D eigenvalue weighted by Crippen LogP contribution is 2.32. The first-order valence-electron chi connectivity index (χ1n) is 10.2. The molecule has 0 fully saturated rings. The number of aromatic amines is 1. The minimum Gasteiger partial charge on any atom is -0.485 e. The van der Waals surface area contributed by atoms with E-state index in [1.54, 1.807) is 0 Å². The van der Waals surface area contributed by atoms with E-state index in [-0.39, 0.29) is 0 Å². The van der Waals surface area contributed by atoms with Crippen LogP contribution in [0.25, 0.3) is 16.6 Å². The summed E-state index contributed by atoms with van der Waals surface area (Å²) in [5, 5.41) is 11.3. The van der Waals surface area contributed by atoms with Gasteiger partial charge >= 0.3 is 0 Å². The van der Waals surface area contributed by atoms with Crippen LogP contribution in [0.1, 0.15) is 11.1 Å². The van der Waals surface area contributed by atoms with Crippen LogP contribution in [-0.4, -0.2) is 11.6 Å². The number of hydrogen-bond donors (Lipinski definition) is 4. The smallest absolute Gasteiger partial charge is 0.145 e. The Morgan fingerprint density at radius 2 is 1.90 bits per heavy atom. The SMILES string of the molecule is C=C1COc2cc(NCc3cccc(C(=C)Nc4ccc5[nH]ccc5c4)c3)ccc2N1. The van der Waals surface area contributed by atoms with Crippen LogP contribution in [0.2, 0.25) is 0 Å². The van der Waals surface area contributed by atoms with E-state index in [1.165, 1.54) is 10.9 Å². The van der Waals surface area contributed by atoms with E-state index in [2.05, 4.69) is 82.6 Å². The molecule has 0 aliphatic carbocycles. The van der Waals surface area contributed by atoms with E-state index in [9.17, 15) is 0 Å². The predicted octanol–water partition coefficient (Wildman–Crippen LogP) is 6.18. The van der Waals surface area contributed by atoms with Gasteiger partial charge in [0.1, 0.15) is 12.4 Å². The van der Waals surface area contributed by atoms with Gasteiger partial charge in [-0.25, -0.2) is 0 Å². The Kier molecular flexibility index (Phi) is 4.84. The summed E-state index contributed by atoms with van der Waals surface area (Å²) in [6.07, 6.45) is 1.95. The van der Waals surface area contributed by atoms with Gasteiger partial charge in [-0.2, -0.15) is 0 Å². The summed E-state index contributed by atoms with van der Waals surface area (Å²) in [5.41, 5.74) is 8.07. The zero-order valence-electron chi connectivity index (χ0n) is 17.2. The molecule has 0 saturated heterocycles. The zero-order chi connectivity index (χ0) is 21.2. The summed E-state index contributed by atoms with van der Waals surface area (Å²) in [4.78, 5) is 3.21. The molecule has 5 nitrogen and oxygen atoms in total. The molecular formula is C26H24N4O. The second kappa shape index (κ2) is 7.95. The van der Waals surface area contributed by atoms with E-state index >= 15 is 0 Å². The number of ether oxygens (including phenoxy) is 1. The van der Waals surface area contributed by atoms with Gasteiger partial charge in [-0.3, -0.25) is 0 Å². The van der Waals surface area contributed by atoms with Gasteiger partial charge in [0.2, 0.25) is 0 Å². The summed E-state index contributed by atoms with van der Waals surface area (Å²) < 4.78 is 5.73. The summed E-state index contributed by atoms with van der Waals surface area (Å²) >= 11 is 0. The van der Waals surface area contributed by atoms with Crippen molar-refractivity contribution < 1.29 is 4.74 Å². The lowest BCUT2D eigenvalue weighted by Gasteiger charge is -2.21. The maximum Gasteiger partial charge on any atom is 0.145 e. The van der Waals surface area contributed by atoms with Crippen LogP contribution in [0.4, 0.5) is 17.1 Å². The van der Waals surface area contributed by atoms with Crippen LogP contribution in [0, 0.1) is 0 Å². The molecule has 3 aromatic carbocycles. The van der Waals surface area contributed by atoms with Crippen LogP contribution in [0.5, 0.6) is 5.75 Å². The maximum absolute atomic E-state index is 5.73. The minimum atomic E-state index is 0.491. The van der Waals surface area contributed by atoms with Crippen LogP contribution < -0.4 is 20.7 Å². The van der Waals surface area contributed by atoms with Crippen molar-refractivity contribution in [2.75, 3.05) is 22.6 Å². The Bertz CT molecular complexity index is 1290. The van der Waals surface area contributed by atoms with Crippen molar-refractivity contribution in [1.29, 1.82) is 0 Å². The number of hydrogen-bond acceptors (Lipinski definition) is 4. The number of benzene rings is 3. The quantitative estimate of drug-likeness (QED) is 0.308. The third kappa shape index (κ3) is 4.12. The van der Waals surface area contributed by atoms with E-state index < -0.39 is 0 Å². The van der Waals surface area contributed by atoms with E-state index in [0.29, 0.717) is 13.2 Å². The highest BCUT2D eigenvalue weighted by Gasteiger charge is 2.12. The molecule has 5 rings (SSSR count). The molecule has 4 aromatic rings. The highest BCUT2D eigenvalue weighted by atomic mass is 16.5. The summed E-state index contributed by atoms with van der Waals surface area (Å²) in [7, 11) is 0. The number of H-pyrrole nitrogens is 1. The number of nitrogens with one attached hydrogen (secondary N) is 4. The lowest BCUT2D eigenvalue weighted by atomic mass is 10.1. The van der Waals surface area contributed by atoms with Crippen LogP contribution in [0.15, 0.2) is 91.8 Å². The topological polar surface area (TPSA) is 61.1 Å². The molecule has 0 unspecified atom stereocenters. The molecule has 4 N–H and O–H groups in total. The molecule has 0 saturated carbocycles. The van der Waals surface area contributed by atoms with E-state index in [1.807, 2.05) is 24.4 Å². The first-order chi connectivity index (χ1) is 15.1. The van der Waals surface area contributed by atoms with Crippen molar-refractivity contribution in [3.8, 4) is 5.75 Å². The molecule has 1 aromatic heterocycles. The molecule has 1 aliphatic rings. The average molecular weight is 409 g/mol. The number of fused-ring (bicyclic) bond motifs is 2. The van der Waals surface area contributed by atoms with Crippen molar-refractivity contribution in [2.45, 2.75) is 6.54 Å². The first-order valence-corrected chi connectivity index (χ1v) is 10.2. The average Bonchev–Trinajstić information content (AvgIpc) is 3.26. The molecule has 5 heteroatoms. The highest BCUT2D eigenvalue weighted by molar-refractivity contribution is 5.86. The molecular weight excluding hydrogens is 384 g/mol. The molecule has 0 bridgehead atoms. The first kappa shape index (κ1) is 18.9. The zero-order valence-corrected chi connectivity index (χ0v) is 17.2. The molecule has 0 spiro atoms. The Labute approximate surface area is 181 Å². The van der Waals surface area contributed by atoms with Gasteiger partial charge in [0.05, 0.1) is 5.69 Å². The summed E-state index contributed by atoms with van der Waals surface area (Å²) in [6.45, 7) is 9.33. The van der Waals surface area contributed by atoms with Crippen molar-refractivity contribution in [1.82, 2.24) is 4.98 Å². The molecule has 0 radical (unpaired) electrons. The molecule has 2 heterocycles. The Hall–Kier alpha value is -4.12. The normalized spacial score (nSPS) is 12.6. The molecule has 31 heavy (non-hydrogen) atoms. The third-order valence-electron chi connectivity index (χ3n) is 5.32. The van der Waals surface area contributed by atoms with Crippen molar-refractivity contribution in [3.63, 3.8) is 0 Å². The van der Waals surface area contributed by atoms with Crippen LogP contribution in [-0.2, 0) is 6.54 Å². The van der Waals surface area contributed by atoms with Gasteiger partial charge in [0.15, 0.2) is 0 Å². The second-order valence-electron chi connectivity index (χ2n) is 7.67. The van der Waals surface area contributed by atoms with Crippen LogP contribution >= 0.6 is 0 Å². The Morgan fingerprint density at radius 1 is 1.00 bits per heavy atom. The number of aromatic nitrogens is 1. The van der Waals surface area contributed by atoms with Gasteiger partial charge in [-0.1, -0.05) is 31.4 Å². The molecule has 0 amide bonds. The minimum absolute atomic E-state index is 0.491. The van der Waals surface area contributed by atoms with Crippen molar-refractivity contribution >= 4 is 33.7 Å². The summed E-state index contributed by atoms with van der Waals surface area (Å²) in [5.74, 6) is 0.836. The van der Waals surface area contributed by atoms with Gasteiger partial charge < -0.3 is 25.7 Å². The Balaban J connectivity index is 1.25. The van der Waals surface area contributed by atoms with Gasteiger partial charge in [-0.05, 0) is 53.6 Å². The van der Waals surface area contributed by atoms with E-state index in [4.69, 9.17) is 4.74 Å². The molecule has 0 atom stereocenters. The monoisotopic (exact) mass is 408 g/mol. The van der Waals surface area contributed by atoms with Gasteiger partial charge in [0.25, 0.3) is 0 Å². The second-order valence-corrected chi connectivity index (χ2v) is 7.67. The predicted molar refractivity (Wildman–Crippen MR) is 129 cm³/mol.